The summed E-state index contributed by atoms with van der Waals surface area (Å²) in [5, 5.41) is 0. The number of esters is 1. The largest absolute Gasteiger partial charge is 0.492 e. The van der Waals surface area contributed by atoms with Crippen LogP contribution >= 0.6 is 0 Å². The van der Waals surface area contributed by atoms with Crippen LogP contribution in [0.25, 0.3) is 0 Å². The molecular weight excluding hydrogens is 300 g/mol. The Balaban J connectivity index is 3.25. The molecule has 3 nitrogen and oxygen atoms in total. The van der Waals surface area contributed by atoms with Gasteiger partial charge in [-0.15, -0.1) is 0 Å². The molecule has 0 unspecified atom stereocenters. The molecule has 0 saturated heterocycles. The van der Waals surface area contributed by atoms with E-state index in [1.165, 1.54) is 5.56 Å². The van der Waals surface area contributed by atoms with Gasteiger partial charge < -0.3 is 9.47 Å². The first kappa shape index (κ1) is 20.5. The molecule has 0 aromatic heterocycles. The predicted molar refractivity (Wildman–Crippen MR) is 100.0 cm³/mol. The minimum absolute atomic E-state index is 0.271. The van der Waals surface area contributed by atoms with Gasteiger partial charge in [-0.1, -0.05) is 46.6 Å². The van der Waals surface area contributed by atoms with Gasteiger partial charge >= 0.3 is 5.97 Å². The van der Waals surface area contributed by atoms with Crippen molar-refractivity contribution in [3.05, 3.63) is 28.8 Å². The maximum atomic E-state index is 12.5. The second kappa shape index (κ2) is 11.1. The van der Waals surface area contributed by atoms with Gasteiger partial charge in [0.25, 0.3) is 0 Å². The topological polar surface area (TPSA) is 35.5 Å². The van der Waals surface area contributed by atoms with E-state index < -0.39 is 0 Å². The van der Waals surface area contributed by atoms with Gasteiger partial charge in [0.1, 0.15) is 11.3 Å². The first-order valence-electron chi connectivity index (χ1n) is 9.49. The Morgan fingerprint density at radius 2 is 1.71 bits per heavy atom. The van der Waals surface area contributed by atoms with Gasteiger partial charge in [0.05, 0.1) is 13.2 Å². The third-order valence-corrected chi connectivity index (χ3v) is 3.90. The van der Waals surface area contributed by atoms with Crippen LogP contribution < -0.4 is 4.74 Å². The first-order valence-corrected chi connectivity index (χ1v) is 9.49. The van der Waals surface area contributed by atoms with Crippen molar-refractivity contribution < 1.29 is 14.3 Å². The first-order chi connectivity index (χ1) is 11.5. The summed E-state index contributed by atoms with van der Waals surface area (Å²) in [6.45, 7) is 11.4. The SMILES string of the molecule is CCCCc1cc(CCCC)c(OCC(C)C)c(C(=O)OCC)c1. The molecule has 0 amide bonds. The molecule has 0 fully saturated rings. The van der Waals surface area contributed by atoms with E-state index in [0.717, 1.165) is 49.8 Å². The molecule has 1 aromatic rings. The Kier molecular flexibility index (Phi) is 9.51. The van der Waals surface area contributed by atoms with Crippen molar-refractivity contribution >= 4 is 5.97 Å². The van der Waals surface area contributed by atoms with Gasteiger partial charge in [-0.3, -0.25) is 0 Å². The third kappa shape index (κ3) is 6.54. The molecule has 24 heavy (non-hydrogen) atoms. The normalized spacial score (nSPS) is 10.9. The second-order valence-electron chi connectivity index (χ2n) is 6.76. The highest BCUT2D eigenvalue weighted by atomic mass is 16.5. The zero-order valence-electron chi connectivity index (χ0n) is 16.1. The van der Waals surface area contributed by atoms with E-state index in [2.05, 4.69) is 33.8 Å². The number of benzene rings is 1. The molecule has 0 aliphatic rings. The van der Waals surface area contributed by atoms with E-state index in [0.29, 0.717) is 24.7 Å². The van der Waals surface area contributed by atoms with Gasteiger partial charge in [-0.25, -0.2) is 4.79 Å². The summed E-state index contributed by atoms with van der Waals surface area (Å²) < 4.78 is 11.3. The molecule has 1 rings (SSSR count). The van der Waals surface area contributed by atoms with Crippen molar-refractivity contribution in [2.24, 2.45) is 5.92 Å². The van der Waals surface area contributed by atoms with Crippen LogP contribution in [-0.2, 0) is 17.6 Å². The summed E-state index contributed by atoms with van der Waals surface area (Å²) in [5.74, 6) is 0.877. The summed E-state index contributed by atoms with van der Waals surface area (Å²) in [4.78, 5) is 12.5. The minimum atomic E-state index is -0.271. The molecule has 0 radical (unpaired) electrons. The molecule has 0 bridgehead atoms. The average Bonchev–Trinajstić information content (AvgIpc) is 2.56. The molecule has 136 valence electrons. The zero-order valence-corrected chi connectivity index (χ0v) is 16.1. The van der Waals surface area contributed by atoms with E-state index in [-0.39, 0.29) is 5.97 Å². The fraction of sp³-hybridized carbons (Fsp3) is 0.667. The Morgan fingerprint density at radius 1 is 1.04 bits per heavy atom. The van der Waals surface area contributed by atoms with Crippen molar-refractivity contribution in [3.63, 3.8) is 0 Å². The van der Waals surface area contributed by atoms with Crippen molar-refractivity contribution in [2.75, 3.05) is 13.2 Å². The van der Waals surface area contributed by atoms with Crippen LogP contribution in [0.15, 0.2) is 12.1 Å². The summed E-state index contributed by atoms with van der Waals surface area (Å²) >= 11 is 0. The van der Waals surface area contributed by atoms with Crippen LogP contribution in [0.1, 0.15) is 81.8 Å². The van der Waals surface area contributed by atoms with Gasteiger partial charge in [-0.2, -0.15) is 0 Å². The van der Waals surface area contributed by atoms with Crippen molar-refractivity contribution in [3.8, 4) is 5.75 Å². The lowest BCUT2D eigenvalue weighted by Crippen LogP contribution is -2.13. The van der Waals surface area contributed by atoms with Gasteiger partial charge in [0.2, 0.25) is 0 Å². The van der Waals surface area contributed by atoms with E-state index in [4.69, 9.17) is 9.47 Å². The zero-order chi connectivity index (χ0) is 17.9. The van der Waals surface area contributed by atoms with Crippen LogP contribution in [0.2, 0.25) is 0 Å². The van der Waals surface area contributed by atoms with Gasteiger partial charge in [0.15, 0.2) is 0 Å². The van der Waals surface area contributed by atoms with E-state index in [1.807, 2.05) is 13.0 Å². The molecule has 0 aliphatic carbocycles. The fourth-order valence-corrected chi connectivity index (χ4v) is 2.61. The molecular formula is C21H34O3. The highest BCUT2D eigenvalue weighted by Crippen LogP contribution is 2.30. The smallest absolute Gasteiger partial charge is 0.341 e. The summed E-state index contributed by atoms with van der Waals surface area (Å²) in [6.07, 6.45) is 6.42. The van der Waals surface area contributed by atoms with E-state index >= 15 is 0 Å². The lowest BCUT2D eigenvalue weighted by molar-refractivity contribution is 0.0520. The lowest BCUT2D eigenvalue weighted by Gasteiger charge is -2.18. The number of aryl methyl sites for hydroxylation is 2. The van der Waals surface area contributed by atoms with Gasteiger partial charge in [0, 0.05) is 0 Å². The Hall–Kier alpha value is -1.51. The molecule has 0 spiro atoms. The average molecular weight is 335 g/mol. The number of unbranched alkanes of at least 4 members (excludes halogenated alkanes) is 2. The van der Waals surface area contributed by atoms with Crippen LogP contribution in [-0.4, -0.2) is 19.2 Å². The van der Waals surface area contributed by atoms with Crippen molar-refractivity contribution in [1.29, 1.82) is 0 Å². The Bertz CT molecular complexity index is 506. The van der Waals surface area contributed by atoms with Crippen LogP contribution in [0.3, 0.4) is 0 Å². The molecule has 0 heterocycles. The summed E-state index contributed by atoms with van der Waals surface area (Å²) in [5.41, 5.74) is 2.95. The summed E-state index contributed by atoms with van der Waals surface area (Å²) in [7, 11) is 0. The van der Waals surface area contributed by atoms with Crippen LogP contribution in [0.4, 0.5) is 0 Å². The molecule has 3 heteroatoms. The third-order valence-electron chi connectivity index (χ3n) is 3.90. The van der Waals surface area contributed by atoms with Crippen LogP contribution in [0, 0.1) is 5.92 Å². The number of carbonyl (C=O) groups is 1. The monoisotopic (exact) mass is 334 g/mol. The molecule has 1 aromatic carbocycles. The number of rotatable bonds is 11. The quantitative estimate of drug-likeness (QED) is 0.495. The highest BCUT2D eigenvalue weighted by Gasteiger charge is 2.19. The fourth-order valence-electron chi connectivity index (χ4n) is 2.61. The molecule has 0 atom stereocenters. The number of carbonyl (C=O) groups excluding carboxylic acids is 1. The van der Waals surface area contributed by atoms with Crippen LogP contribution in [0.5, 0.6) is 5.75 Å². The van der Waals surface area contributed by atoms with Crippen molar-refractivity contribution in [2.45, 2.75) is 73.1 Å². The van der Waals surface area contributed by atoms with E-state index in [1.54, 1.807) is 0 Å². The number of hydrogen-bond acceptors (Lipinski definition) is 3. The number of hydrogen-bond donors (Lipinski definition) is 0. The summed E-state index contributed by atoms with van der Waals surface area (Å²) in [6, 6.07) is 4.20. The Labute approximate surface area is 147 Å². The maximum absolute atomic E-state index is 12.5. The molecule has 0 N–H and O–H groups in total. The minimum Gasteiger partial charge on any atom is -0.492 e. The maximum Gasteiger partial charge on any atom is 0.341 e. The molecule has 0 saturated carbocycles. The molecule has 0 aliphatic heterocycles. The van der Waals surface area contributed by atoms with E-state index in [9.17, 15) is 4.79 Å². The second-order valence-corrected chi connectivity index (χ2v) is 6.76. The number of ether oxygens (including phenoxy) is 2. The highest BCUT2D eigenvalue weighted by molar-refractivity contribution is 5.93. The Morgan fingerprint density at radius 3 is 2.29 bits per heavy atom. The lowest BCUT2D eigenvalue weighted by atomic mass is 9.97. The standard InChI is InChI=1S/C21H34O3/c1-6-9-11-17-13-18(12-10-7-2)20(24-15-16(4)5)19(14-17)21(22)23-8-3/h13-14,16H,6-12,15H2,1-5H3. The van der Waals surface area contributed by atoms with Gasteiger partial charge in [-0.05, 0) is 55.7 Å². The van der Waals surface area contributed by atoms with Crippen molar-refractivity contribution in [1.82, 2.24) is 0 Å². The predicted octanol–water partition coefficient (Wildman–Crippen LogP) is 5.58.